The van der Waals surface area contributed by atoms with Gasteiger partial charge < -0.3 is 20.5 Å². The largest absolute Gasteiger partial charge is 0.508 e. The fraction of sp³-hybridized carbons (Fsp3) is 0.176. The van der Waals surface area contributed by atoms with Crippen LogP contribution in [-0.2, 0) is 6.42 Å². The van der Waals surface area contributed by atoms with Gasteiger partial charge in [0.25, 0.3) is 5.91 Å². The van der Waals surface area contributed by atoms with Crippen LogP contribution < -0.4 is 5.32 Å². The number of amides is 1. The summed E-state index contributed by atoms with van der Waals surface area (Å²) in [6, 6.07) is 8.65. The highest BCUT2D eigenvalue weighted by Crippen LogP contribution is 2.26. The number of H-pyrrole nitrogens is 1. The van der Waals surface area contributed by atoms with Gasteiger partial charge in [0.2, 0.25) is 0 Å². The molecule has 0 aliphatic rings. The number of hydrogen-bond donors (Lipinski definition) is 4. The summed E-state index contributed by atoms with van der Waals surface area (Å²) in [6.45, 7) is 0.512. The van der Waals surface area contributed by atoms with Crippen LogP contribution in [0.25, 0.3) is 10.2 Å². The number of phenols is 1. The van der Waals surface area contributed by atoms with Crippen LogP contribution in [0.3, 0.4) is 0 Å². The number of hydrogen-bond acceptors (Lipinski definition) is 4. The van der Waals surface area contributed by atoms with E-state index in [0.29, 0.717) is 17.8 Å². The van der Waals surface area contributed by atoms with Crippen molar-refractivity contribution in [3.05, 3.63) is 52.5 Å². The number of fused-ring (bicyclic) bond motifs is 1. The Balaban J connectivity index is 1.55. The summed E-state index contributed by atoms with van der Waals surface area (Å²) in [5.74, 6) is -1.02. The lowest BCUT2D eigenvalue weighted by molar-refractivity contribution is 0.0699. The summed E-state index contributed by atoms with van der Waals surface area (Å²) < 4.78 is 0.752. The number of aromatic hydroxyl groups is 1. The SMILES string of the molecule is O=C(NCCCc1ccc(O)cc1)c1cc2scc(C(=O)O)c2[nH]1. The lowest BCUT2D eigenvalue weighted by Gasteiger charge is -2.04. The summed E-state index contributed by atoms with van der Waals surface area (Å²) in [6.07, 6.45) is 1.56. The van der Waals surface area contributed by atoms with Crippen LogP contribution >= 0.6 is 11.3 Å². The lowest BCUT2D eigenvalue weighted by atomic mass is 10.1. The zero-order chi connectivity index (χ0) is 17.1. The molecule has 3 aromatic rings. The molecule has 0 fully saturated rings. The molecule has 7 heteroatoms. The molecule has 0 unspecified atom stereocenters. The van der Waals surface area contributed by atoms with Gasteiger partial charge in [0.1, 0.15) is 11.4 Å². The molecule has 124 valence electrons. The summed E-state index contributed by atoms with van der Waals surface area (Å²) in [5.41, 5.74) is 2.13. The van der Waals surface area contributed by atoms with Gasteiger partial charge in [-0.3, -0.25) is 4.79 Å². The van der Waals surface area contributed by atoms with E-state index in [9.17, 15) is 14.7 Å². The normalized spacial score (nSPS) is 10.8. The molecule has 0 spiro atoms. The molecule has 0 aliphatic heterocycles. The number of carbonyl (C=O) groups excluding carboxylic acids is 1. The summed E-state index contributed by atoms with van der Waals surface area (Å²) in [7, 11) is 0. The zero-order valence-corrected chi connectivity index (χ0v) is 13.5. The lowest BCUT2D eigenvalue weighted by Crippen LogP contribution is -2.25. The monoisotopic (exact) mass is 344 g/mol. The first-order valence-corrected chi connectivity index (χ1v) is 8.32. The fourth-order valence-corrected chi connectivity index (χ4v) is 3.37. The van der Waals surface area contributed by atoms with E-state index in [1.807, 2.05) is 12.1 Å². The quantitative estimate of drug-likeness (QED) is 0.516. The van der Waals surface area contributed by atoms with Gasteiger partial charge in [-0.1, -0.05) is 12.1 Å². The van der Waals surface area contributed by atoms with E-state index >= 15 is 0 Å². The predicted octanol–water partition coefficient (Wildman–Crippen LogP) is 3.00. The maximum Gasteiger partial charge on any atom is 0.338 e. The van der Waals surface area contributed by atoms with Crippen molar-refractivity contribution in [1.29, 1.82) is 0 Å². The Kier molecular flexibility index (Phi) is 4.52. The second kappa shape index (κ2) is 6.76. The van der Waals surface area contributed by atoms with Crippen LogP contribution in [0.1, 0.15) is 32.8 Å². The van der Waals surface area contributed by atoms with E-state index in [1.165, 1.54) is 11.3 Å². The Morgan fingerprint density at radius 2 is 1.96 bits per heavy atom. The number of aromatic carboxylic acids is 1. The van der Waals surface area contributed by atoms with E-state index in [0.717, 1.165) is 23.1 Å². The predicted molar refractivity (Wildman–Crippen MR) is 91.9 cm³/mol. The third kappa shape index (κ3) is 3.41. The first-order valence-electron chi connectivity index (χ1n) is 7.44. The molecule has 0 bridgehead atoms. The Bertz CT molecular complexity index is 880. The van der Waals surface area contributed by atoms with Crippen molar-refractivity contribution >= 4 is 33.4 Å². The summed E-state index contributed by atoms with van der Waals surface area (Å²) in [4.78, 5) is 26.1. The highest BCUT2D eigenvalue weighted by Gasteiger charge is 2.16. The van der Waals surface area contributed by atoms with Crippen molar-refractivity contribution in [3.8, 4) is 5.75 Å². The van der Waals surface area contributed by atoms with Crippen molar-refractivity contribution in [2.24, 2.45) is 0 Å². The summed E-state index contributed by atoms with van der Waals surface area (Å²) in [5, 5.41) is 22.7. The molecule has 3 rings (SSSR count). The third-order valence-corrected chi connectivity index (χ3v) is 4.62. The molecule has 0 saturated carbocycles. The molecule has 0 saturated heterocycles. The van der Waals surface area contributed by atoms with Crippen LogP contribution in [0, 0.1) is 0 Å². The molecule has 24 heavy (non-hydrogen) atoms. The third-order valence-electron chi connectivity index (χ3n) is 3.69. The molecule has 4 N–H and O–H groups in total. The highest BCUT2D eigenvalue weighted by molar-refractivity contribution is 7.17. The van der Waals surface area contributed by atoms with Gasteiger partial charge in [0.05, 0.1) is 15.8 Å². The van der Waals surface area contributed by atoms with E-state index in [4.69, 9.17) is 5.11 Å². The first kappa shape index (κ1) is 16.1. The molecular formula is C17H16N2O4S. The number of phenolic OH excluding ortho intramolecular Hbond substituents is 1. The van der Waals surface area contributed by atoms with Crippen molar-refractivity contribution in [1.82, 2.24) is 10.3 Å². The molecule has 1 aromatic carbocycles. The maximum absolute atomic E-state index is 12.1. The highest BCUT2D eigenvalue weighted by atomic mass is 32.1. The number of carboxylic acids is 1. The second-order valence-electron chi connectivity index (χ2n) is 5.40. The molecular weight excluding hydrogens is 328 g/mol. The van der Waals surface area contributed by atoms with E-state index in [2.05, 4.69) is 10.3 Å². The molecule has 0 atom stereocenters. The number of aryl methyl sites for hydroxylation is 1. The number of aromatic amines is 1. The Hall–Kier alpha value is -2.80. The minimum absolute atomic E-state index is 0.182. The van der Waals surface area contributed by atoms with E-state index in [1.54, 1.807) is 23.6 Å². The van der Waals surface area contributed by atoms with Crippen molar-refractivity contribution in [2.45, 2.75) is 12.8 Å². The van der Waals surface area contributed by atoms with E-state index < -0.39 is 5.97 Å². The molecule has 1 amide bonds. The zero-order valence-electron chi connectivity index (χ0n) is 12.7. The van der Waals surface area contributed by atoms with Crippen molar-refractivity contribution in [3.63, 3.8) is 0 Å². The van der Waals surface area contributed by atoms with Gasteiger partial charge in [0.15, 0.2) is 0 Å². The number of aromatic nitrogens is 1. The number of nitrogens with one attached hydrogen (secondary N) is 2. The van der Waals surface area contributed by atoms with Gasteiger partial charge in [-0.15, -0.1) is 11.3 Å². The van der Waals surface area contributed by atoms with Gasteiger partial charge in [0, 0.05) is 11.9 Å². The van der Waals surface area contributed by atoms with E-state index in [-0.39, 0.29) is 17.2 Å². The standard InChI is InChI=1S/C17H16N2O4S/c20-11-5-3-10(4-6-11)2-1-7-18-16(21)13-8-14-15(19-13)12(9-24-14)17(22)23/h3-6,8-9,19-20H,1-2,7H2,(H,18,21)(H,22,23). The first-order chi connectivity index (χ1) is 11.5. The maximum atomic E-state index is 12.1. The van der Waals surface area contributed by atoms with Crippen LogP contribution in [-0.4, -0.2) is 33.6 Å². The topological polar surface area (TPSA) is 102 Å². The smallest absolute Gasteiger partial charge is 0.338 e. The van der Waals surface area contributed by atoms with Crippen LogP contribution in [0.5, 0.6) is 5.75 Å². The van der Waals surface area contributed by atoms with Crippen molar-refractivity contribution in [2.75, 3.05) is 6.54 Å². The average Bonchev–Trinajstić information content (AvgIpc) is 3.13. The average molecular weight is 344 g/mol. The van der Waals surface area contributed by atoms with Gasteiger partial charge in [-0.05, 0) is 36.6 Å². The Labute approximate surface area is 141 Å². The van der Waals surface area contributed by atoms with Gasteiger partial charge in [-0.25, -0.2) is 4.79 Å². The van der Waals surface area contributed by atoms with Crippen LogP contribution in [0.15, 0.2) is 35.7 Å². The Morgan fingerprint density at radius 1 is 1.21 bits per heavy atom. The van der Waals surface area contributed by atoms with Gasteiger partial charge in [-0.2, -0.15) is 0 Å². The van der Waals surface area contributed by atoms with Gasteiger partial charge >= 0.3 is 5.97 Å². The molecule has 2 aromatic heterocycles. The number of benzene rings is 1. The number of carbonyl (C=O) groups is 2. The number of rotatable bonds is 6. The number of thiophene rings is 1. The van der Waals surface area contributed by atoms with Crippen molar-refractivity contribution < 1.29 is 19.8 Å². The molecule has 2 heterocycles. The van der Waals surface area contributed by atoms with Crippen LogP contribution in [0.2, 0.25) is 0 Å². The molecule has 6 nitrogen and oxygen atoms in total. The Morgan fingerprint density at radius 3 is 2.67 bits per heavy atom. The minimum atomic E-state index is -1.01. The van der Waals surface area contributed by atoms with Crippen LogP contribution in [0.4, 0.5) is 0 Å². The number of carboxylic acid groups (broad SMARTS) is 1. The molecule has 0 aliphatic carbocycles. The summed E-state index contributed by atoms with van der Waals surface area (Å²) >= 11 is 1.29. The molecule has 0 radical (unpaired) electrons. The second-order valence-corrected chi connectivity index (χ2v) is 6.31. The fourth-order valence-electron chi connectivity index (χ4n) is 2.44. The minimum Gasteiger partial charge on any atom is -0.508 e.